The van der Waals surface area contributed by atoms with Crippen LogP contribution in [0.15, 0.2) is 22.2 Å². The minimum absolute atomic E-state index is 0.284. The van der Waals surface area contributed by atoms with E-state index in [-0.39, 0.29) is 5.92 Å². The summed E-state index contributed by atoms with van der Waals surface area (Å²) in [7, 11) is 0. The van der Waals surface area contributed by atoms with Crippen molar-refractivity contribution in [3.63, 3.8) is 0 Å². The summed E-state index contributed by atoms with van der Waals surface area (Å²) in [5, 5.41) is 10.9. The first-order valence-electron chi connectivity index (χ1n) is 9.33. The number of guanidine groups is 1. The second-order valence-corrected chi connectivity index (χ2v) is 6.72. The van der Waals surface area contributed by atoms with Crippen LogP contribution < -0.4 is 10.6 Å². The Morgan fingerprint density at radius 3 is 2.80 bits per heavy atom. The van der Waals surface area contributed by atoms with Crippen LogP contribution in [0.25, 0.3) is 0 Å². The number of piperidine rings is 1. The first kappa shape index (κ1) is 19.4. The van der Waals surface area contributed by atoms with Gasteiger partial charge in [0.15, 0.2) is 11.8 Å². The van der Waals surface area contributed by atoms with Gasteiger partial charge >= 0.3 is 0 Å². The van der Waals surface area contributed by atoms with Gasteiger partial charge in [0, 0.05) is 44.6 Å². The van der Waals surface area contributed by atoms with E-state index in [0.717, 1.165) is 50.8 Å². The van der Waals surface area contributed by atoms with E-state index < -0.39 is 0 Å². The molecule has 1 aromatic heterocycles. The summed E-state index contributed by atoms with van der Waals surface area (Å²) in [5.74, 6) is 2.57. The highest BCUT2D eigenvalue weighted by molar-refractivity contribution is 5.80. The molecule has 2 heterocycles. The average Bonchev–Trinajstić information content (AvgIpc) is 3.06. The minimum atomic E-state index is 0.284. The molecule has 0 saturated carbocycles. The highest BCUT2D eigenvalue weighted by Gasteiger charge is 2.19. The largest absolute Gasteiger partial charge is 0.357 e. The molecule has 0 bridgehead atoms. The van der Waals surface area contributed by atoms with Gasteiger partial charge in [0.25, 0.3) is 0 Å². The van der Waals surface area contributed by atoms with Gasteiger partial charge in [-0.05, 0) is 19.8 Å². The van der Waals surface area contributed by atoms with E-state index in [2.05, 4.69) is 58.0 Å². The summed E-state index contributed by atoms with van der Waals surface area (Å²) in [6.45, 7) is 14.7. The van der Waals surface area contributed by atoms with E-state index >= 15 is 0 Å². The van der Waals surface area contributed by atoms with Gasteiger partial charge in [-0.25, -0.2) is 0 Å². The molecule has 0 spiro atoms. The Morgan fingerprint density at radius 1 is 1.44 bits per heavy atom. The second-order valence-electron chi connectivity index (χ2n) is 6.72. The lowest BCUT2D eigenvalue weighted by molar-refractivity contribution is 0.225. The quantitative estimate of drug-likeness (QED) is 0.425. The van der Waals surface area contributed by atoms with Gasteiger partial charge in [-0.15, -0.1) is 6.58 Å². The van der Waals surface area contributed by atoms with Crippen molar-refractivity contribution in [2.24, 2.45) is 4.99 Å². The van der Waals surface area contributed by atoms with Crippen molar-refractivity contribution in [2.45, 2.75) is 52.0 Å². The van der Waals surface area contributed by atoms with Crippen LogP contribution in [0.5, 0.6) is 0 Å². The highest BCUT2D eigenvalue weighted by atomic mass is 16.5. The third-order valence-corrected chi connectivity index (χ3v) is 4.26. The van der Waals surface area contributed by atoms with Gasteiger partial charge in [-0.1, -0.05) is 25.1 Å². The zero-order valence-corrected chi connectivity index (χ0v) is 15.8. The molecular weight excluding hydrogens is 316 g/mol. The summed E-state index contributed by atoms with van der Waals surface area (Å²) in [4.78, 5) is 11.5. The van der Waals surface area contributed by atoms with Crippen LogP contribution in [-0.4, -0.2) is 59.8 Å². The zero-order chi connectivity index (χ0) is 18.1. The monoisotopic (exact) mass is 348 g/mol. The molecule has 0 radical (unpaired) electrons. The standard InChI is InChI=1S/C18H32N6O/c1-5-11-24-12-8-15(9-13-24)21-18(19-6-2)20-10-7-16-22-17(14(3)4)23-25-16/h5,14-15H,1,6-13H2,2-4H3,(H2,19,20,21). The number of aliphatic imine (C=N–C) groups is 1. The van der Waals surface area contributed by atoms with Gasteiger partial charge in [-0.2, -0.15) is 4.98 Å². The van der Waals surface area contributed by atoms with Crippen LogP contribution in [0.3, 0.4) is 0 Å². The summed E-state index contributed by atoms with van der Waals surface area (Å²) in [6.07, 6.45) is 4.88. The Hall–Kier alpha value is -1.89. The molecule has 7 nitrogen and oxygen atoms in total. The van der Waals surface area contributed by atoms with Crippen LogP contribution >= 0.6 is 0 Å². The maximum Gasteiger partial charge on any atom is 0.228 e. The van der Waals surface area contributed by atoms with Crippen LogP contribution in [-0.2, 0) is 6.42 Å². The van der Waals surface area contributed by atoms with E-state index in [1.165, 1.54) is 0 Å². The molecule has 7 heteroatoms. The Morgan fingerprint density at radius 2 is 2.20 bits per heavy atom. The Labute approximate surface area is 151 Å². The topological polar surface area (TPSA) is 78.6 Å². The van der Waals surface area contributed by atoms with Gasteiger partial charge in [0.2, 0.25) is 5.89 Å². The van der Waals surface area contributed by atoms with Gasteiger partial charge in [0.1, 0.15) is 0 Å². The SMILES string of the molecule is C=CCN1CCC(NC(=NCCc2nc(C(C)C)no2)NCC)CC1. The molecule has 1 aliphatic heterocycles. The van der Waals surface area contributed by atoms with Crippen molar-refractivity contribution in [1.29, 1.82) is 0 Å². The van der Waals surface area contributed by atoms with E-state index in [0.29, 0.717) is 24.9 Å². The first-order valence-corrected chi connectivity index (χ1v) is 9.33. The van der Waals surface area contributed by atoms with Crippen LogP contribution in [0.1, 0.15) is 51.2 Å². The minimum Gasteiger partial charge on any atom is -0.357 e. The Balaban J connectivity index is 1.80. The van der Waals surface area contributed by atoms with Crippen molar-refractivity contribution in [3.8, 4) is 0 Å². The normalized spacial score (nSPS) is 17.0. The summed E-state index contributed by atoms with van der Waals surface area (Å²) < 4.78 is 5.27. The number of nitrogens with one attached hydrogen (secondary N) is 2. The molecule has 0 aliphatic carbocycles. The summed E-state index contributed by atoms with van der Waals surface area (Å²) >= 11 is 0. The van der Waals surface area contributed by atoms with Crippen molar-refractivity contribution in [1.82, 2.24) is 25.7 Å². The van der Waals surface area contributed by atoms with Crippen molar-refractivity contribution in [2.75, 3.05) is 32.7 Å². The second kappa shape index (κ2) is 10.2. The zero-order valence-electron chi connectivity index (χ0n) is 15.8. The van der Waals surface area contributed by atoms with Crippen LogP contribution in [0, 0.1) is 0 Å². The third-order valence-electron chi connectivity index (χ3n) is 4.26. The molecule has 140 valence electrons. The molecule has 0 amide bonds. The molecule has 0 unspecified atom stereocenters. The predicted molar refractivity (Wildman–Crippen MR) is 101 cm³/mol. The average molecular weight is 348 g/mol. The van der Waals surface area contributed by atoms with Gasteiger partial charge in [0.05, 0.1) is 6.54 Å². The van der Waals surface area contributed by atoms with Gasteiger partial charge < -0.3 is 15.2 Å². The lowest BCUT2D eigenvalue weighted by Crippen LogP contribution is -2.48. The summed E-state index contributed by atoms with van der Waals surface area (Å²) in [6, 6.07) is 0.467. The molecule has 0 aromatic carbocycles. The Kier molecular flexibility index (Phi) is 7.91. The smallest absolute Gasteiger partial charge is 0.228 e. The molecule has 0 atom stereocenters. The first-order chi connectivity index (χ1) is 12.1. The molecule has 1 aliphatic rings. The molecule has 1 fully saturated rings. The predicted octanol–water partition coefficient (Wildman–Crippen LogP) is 1.94. The number of aromatic nitrogens is 2. The maximum absolute atomic E-state index is 5.27. The van der Waals surface area contributed by atoms with E-state index in [1.807, 2.05) is 6.08 Å². The highest BCUT2D eigenvalue weighted by Crippen LogP contribution is 2.11. The molecule has 2 N–H and O–H groups in total. The van der Waals surface area contributed by atoms with Crippen molar-refractivity contribution in [3.05, 3.63) is 24.4 Å². The van der Waals surface area contributed by atoms with Crippen molar-refractivity contribution >= 4 is 5.96 Å². The number of rotatable bonds is 8. The van der Waals surface area contributed by atoms with Crippen LogP contribution in [0.4, 0.5) is 0 Å². The summed E-state index contributed by atoms with van der Waals surface area (Å²) in [5.41, 5.74) is 0. The molecular formula is C18H32N6O. The number of hydrogen-bond acceptors (Lipinski definition) is 5. The van der Waals surface area contributed by atoms with Crippen LogP contribution in [0.2, 0.25) is 0 Å². The Bertz CT molecular complexity index is 546. The third kappa shape index (κ3) is 6.49. The van der Waals surface area contributed by atoms with E-state index in [4.69, 9.17) is 4.52 Å². The lowest BCUT2D eigenvalue weighted by Gasteiger charge is -2.32. The van der Waals surface area contributed by atoms with E-state index in [9.17, 15) is 0 Å². The molecule has 25 heavy (non-hydrogen) atoms. The maximum atomic E-state index is 5.27. The number of hydrogen-bond donors (Lipinski definition) is 2. The lowest BCUT2D eigenvalue weighted by atomic mass is 10.1. The molecule has 2 rings (SSSR count). The fourth-order valence-corrected chi connectivity index (χ4v) is 2.82. The number of likely N-dealkylation sites (tertiary alicyclic amines) is 1. The molecule has 1 aromatic rings. The fourth-order valence-electron chi connectivity index (χ4n) is 2.82. The van der Waals surface area contributed by atoms with E-state index in [1.54, 1.807) is 0 Å². The van der Waals surface area contributed by atoms with Gasteiger partial charge in [-0.3, -0.25) is 9.89 Å². The fraction of sp³-hybridized carbons (Fsp3) is 0.722. The number of nitrogens with zero attached hydrogens (tertiary/aromatic N) is 4. The molecule has 1 saturated heterocycles. The van der Waals surface area contributed by atoms with Crippen molar-refractivity contribution < 1.29 is 4.52 Å².